The molecule has 6 nitrogen and oxygen atoms in total. The van der Waals surface area contributed by atoms with E-state index in [0.717, 1.165) is 6.54 Å². The van der Waals surface area contributed by atoms with E-state index in [0.29, 0.717) is 38.1 Å². The number of hydrogen-bond acceptors (Lipinski definition) is 3. The number of benzene rings is 1. The molecule has 0 bridgehead atoms. The topological polar surface area (TPSA) is 73.8 Å². The van der Waals surface area contributed by atoms with E-state index in [-0.39, 0.29) is 29.7 Å². The molecule has 0 aliphatic rings. The number of aliphatic imine (C=N–C) groups is 1. The Morgan fingerprint density at radius 1 is 1.12 bits per heavy atom. The molecule has 0 radical (unpaired) electrons. The monoisotopic (exact) mass is 496 g/mol. The van der Waals surface area contributed by atoms with Crippen LogP contribution >= 0.6 is 24.0 Å². The van der Waals surface area contributed by atoms with Crippen LogP contribution in [-0.2, 0) is 10.0 Å². The molecule has 1 rings (SSSR count). The molecule has 0 heterocycles. The summed E-state index contributed by atoms with van der Waals surface area (Å²) in [5.41, 5.74) is 1.24. The number of sulfonamides is 1. The van der Waals surface area contributed by atoms with Crippen LogP contribution in [0.15, 0.2) is 35.3 Å². The lowest BCUT2D eigenvalue weighted by Gasteiger charge is -2.19. The SMILES string of the molecule is CCNC(=NCC(C)c1ccccc1)NCCS(=O)(=O)N(CC)CC.I. The summed E-state index contributed by atoms with van der Waals surface area (Å²) in [6.07, 6.45) is 0. The van der Waals surface area contributed by atoms with Crippen molar-refractivity contribution < 1.29 is 8.42 Å². The highest BCUT2D eigenvalue weighted by molar-refractivity contribution is 14.0. The van der Waals surface area contributed by atoms with Crippen LogP contribution in [0.2, 0.25) is 0 Å². The number of hydrogen-bond donors (Lipinski definition) is 2. The van der Waals surface area contributed by atoms with Crippen LogP contribution in [0.5, 0.6) is 0 Å². The van der Waals surface area contributed by atoms with Crippen molar-refractivity contribution in [1.29, 1.82) is 0 Å². The molecule has 8 heteroatoms. The van der Waals surface area contributed by atoms with E-state index in [9.17, 15) is 8.42 Å². The van der Waals surface area contributed by atoms with Crippen LogP contribution in [0.1, 0.15) is 39.2 Å². The standard InChI is InChI=1S/C18H32N4O2S.HI/c1-5-19-18(20-13-14-25(23,24)22(6-2)7-3)21-15-16(4)17-11-9-8-10-12-17;/h8-12,16H,5-7,13-15H2,1-4H3,(H2,19,20,21);1H. The van der Waals surface area contributed by atoms with Crippen molar-refractivity contribution in [2.24, 2.45) is 4.99 Å². The van der Waals surface area contributed by atoms with Crippen molar-refractivity contribution in [3.8, 4) is 0 Å². The summed E-state index contributed by atoms with van der Waals surface area (Å²) in [6, 6.07) is 10.2. The van der Waals surface area contributed by atoms with Crippen LogP contribution in [0.25, 0.3) is 0 Å². The zero-order chi connectivity index (χ0) is 18.7. The Morgan fingerprint density at radius 3 is 2.27 bits per heavy atom. The Morgan fingerprint density at radius 2 is 1.73 bits per heavy atom. The molecule has 0 saturated carbocycles. The van der Waals surface area contributed by atoms with Crippen molar-refractivity contribution in [3.63, 3.8) is 0 Å². The summed E-state index contributed by atoms with van der Waals surface area (Å²) >= 11 is 0. The molecule has 0 aromatic heterocycles. The zero-order valence-corrected chi connectivity index (χ0v) is 19.4. The highest BCUT2D eigenvalue weighted by Crippen LogP contribution is 2.14. The fraction of sp³-hybridized carbons (Fsp3) is 0.611. The quantitative estimate of drug-likeness (QED) is 0.297. The second-order valence-electron chi connectivity index (χ2n) is 5.86. The third-order valence-corrected chi connectivity index (χ3v) is 6.01. The Balaban J connectivity index is 0.00000625. The molecule has 2 N–H and O–H groups in total. The molecular weight excluding hydrogens is 463 g/mol. The van der Waals surface area contributed by atoms with Crippen LogP contribution < -0.4 is 10.6 Å². The zero-order valence-electron chi connectivity index (χ0n) is 16.2. The van der Waals surface area contributed by atoms with Gasteiger partial charge in [0, 0.05) is 38.6 Å². The third kappa shape index (κ3) is 8.68. The first-order valence-electron chi connectivity index (χ1n) is 8.99. The molecule has 1 atom stereocenters. The van der Waals surface area contributed by atoms with Gasteiger partial charge in [0.15, 0.2) is 5.96 Å². The molecule has 0 fully saturated rings. The molecule has 0 amide bonds. The van der Waals surface area contributed by atoms with Gasteiger partial charge in [0.25, 0.3) is 0 Å². The van der Waals surface area contributed by atoms with Gasteiger partial charge in [-0.15, -0.1) is 24.0 Å². The highest BCUT2D eigenvalue weighted by atomic mass is 127. The van der Waals surface area contributed by atoms with Gasteiger partial charge in [-0.25, -0.2) is 12.7 Å². The molecule has 1 aromatic rings. The summed E-state index contributed by atoms with van der Waals surface area (Å²) in [5.74, 6) is 1.02. The Kier molecular flexibility index (Phi) is 12.9. The van der Waals surface area contributed by atoms with E-state index in [4.69, 9.17) is 0 Å². The van der Waals surface area contributed by atoms with Gasteiger partial charge >= 0.3 is 0 Å². The van der Waals surface area contributed by atoms with E-state index in [1.807, 2.05) is 39.0 Å². The predicted octanol–water partition coefficient (Wildman–Crippen LogP) is 2.63. The van der Waals surface area contributed by atoms with E-state index in [1.54, 1.807) is 0 Å². The second-order valence-corrected chi connectivity index (χ2v) is 7.95. The minimum atomic E-state index is -3.22. The number of nitrogens with one attached hydrogen (secondary N) is 2. The molecule has 0 aliphatic carbocycles. The molecule has 0 saturated heterocycles. The lowest BCUT2D eigenvalue weighted by atomic mass is 10.0. The lowest BCUT2D eigenvalue weighted by Crippen LogP contribution is -2.42. The summed E-state index contributed by atoms with van der Waals surface area (Å²) < 4.78 is 25.9. The third-order valence-electron chi connectivity index (χ3n) is 3.99. The summed E-state index contributed by atoms with van der Waals surface area (Å²) in [5, 5.41) is 6.28. The number of halogens is 1. The largest absolute Gasteiger partial charge is 0.357 e. The molecule has 26 heavy (non-hydrogen) atoms. The maximum absolute atomic E-state index is 12.2. The van der Waals surface area contributed by atoms with E-state index in [1.165, 1.54) is 9.87 Å². The molecule has 0 spiro atoms. The van der Waals surface area contributed by atoms with E-state index >= 15 is 0 Å². The predicted molar refractivity (Wildman–Crippen MR) is 121 cm³/mol. The molecular formula is C18H33IN4O2S. The Hall–Kier alpha value is -0.870. The van der Waals surface area contributed by atoms with Crippen molar-refractivity contribution >= 4 is 40.0 Å². The van der Waals surface area contributed by atoms with Crippen LogP contribution in [0.4, 0.5) is 0 Å². The van der Waals surface area contributed by atoms with Crippen molar-refractivity contribution in [3.05, 3.63) is 35.9 Å². The first-order chi connectivity index (χ1) is 11.9. The maximum Gasteiger partial charge on any atom is 0.215 e. The van der Waals surface area contributed by atoms with Gasteiger partial charge in [-0.05, 0) is 12.5 Å². The Labute approximate surface area is 175 Å². The molecule has 1 aromatic carbocycles. The van der Waals surface area contributed by atoms with E-state index < -0.39 is 10.0 Å². The Bertz CT molecular complexity index is 619. The van der Waals surface area contributed by atoms with Crippen molar-refractivity contribution in [1.82, 2.24) is 14.9 Å². The number of rotatable bonds is 10. The first kappa shape index (κ1) is 25.1. The van der Waals surface area contributed by atoms with Crippen molar-refractivity contribution in [2.75, 3.05) is 38.5 Å². The fourth-order valence-electron chi connectivity index (χ4n) is 2.50. The van der Waals surface area contributed by atoms with Gasteiger partial charge in [0.2, 0.25) is 10.0 Å². The van der Waals surface area contributed by atoms with Gasteiger partial charge in [-0.2, -0.15) is 0 Å². The van der Waals surface area contributed by atoms with Gasteiger partial charge in [0.1, 0.15) is 0 Å². The smallest absolute Gasteiger partial charge is 0.215 e. The summed E-state index contributed by atoms with van der Waals surface area (Å²) in [7, 11) is -3.22. The molecule has 1 unspecified atom stereocenters. The first-order valence-corrected chi connectivity index (χ1v) is 10.6. The molecule has 0 aliphatic heterocycles. The average molecular weight is 496 g/mol. The normalized spacial score (nSPS) is 13.2. The van der Waals surface area contributed by atoms with Gasteiger partial charge in [-0.1, -0.05) is 51.1 Å². The highest BCUT2D eigenvalue weighted by Gasteiger charge is 2.18. The number of nitrogens with zero attached hydrogens (tertiary/aromatic N) is 2. The fourth-order valence-corrected chi connectivity index (χ4v) is 3.91. The van der Waals surface area contributed by atoms with Crippen LogP contribution in [0.3, 0.4) is 0 Å². The van der Waals surface area contributed by atoms with Gasteiger partial charge < -0.3 is 10.6 Å². The second kappa shape index (κ2) is 13.3. The van der Waals surface area contributed by atoms with Crippen molar-refractivity contribution in [2.45, 2.75) is 33.6 Å². The lowest BCUT2D eigenvalue weighted by molar-refractivity contribution is 0.445. The minimum absolute atomic E-state index is 0. The summed E-state index contributed by atoms with van der Waals surface area (Å²) in [4.78, 5) is 4.58. The average Bonchev–Trinajstić information content (AvgIpc) is 2.60. The maximum atomic E-state index is 12.2. The summed E-state index contributed by atoms with van der Waals surface area (Å²) in [6.45, 7) is 10.5. The van der Waals surface area contributed by atoms with Gasteiger partial charge in [0.05, 0.1) is 5.75 Å². The van der Waals surface area contributed by atoms with Crippen LogP contribution in [0, 0.1) is 0 Å². The van der Waals surface area contributed by atoms with Gasteiger partial charge in [-0.3, -0.25) is 4.99 Å². The molecule has 150 valence electrons. The number of guanidine groups is 1. The van der Waals surface area contributed by atoms with Crippen LogP contribution in [-0.4, -0.2) is 57.2 Å². The minimum Gasteiger partial charge on any atom is -0.357 e. The van der Waals surface area contributed by atoms with E-state index in [2.05, 4.69) is 34.7 Å².